The summed E-state index contributed by atoms with van der Waals surface area (Å²) in [6, 6.07) is 7.94. The topological polar surface area (TPSA) is 132 Å². The Morgan fingerprint density at radius 3 is 2.83 bits per heavy atom. The molecular formula is C14H13N7O3. The van der Waals surface area contributed by atoms with Crippen LogP contribution in [-0.2, 0) is 6.54 Å². The molecule has 2 N–H and O–H groups in total. The molecule has 0 fully saturated rings. The zero-order valence-electron chi connectivity index (χ0n) is 12.6. The molecule has 1 amide bonds. The van der Waals surface area contributed by atoms with Crippen molar-refractivity contribution >= 4 is 17.5 Å². The Morgan fingerprint density at radius 1 is 1.38 bits per heavy atom. The summed E-state index contributed by atoms with van der Waals surface area (Å²) in [5.74, 6) is -0.678. The van der Waals surface area contributed by atoms with Crippen LogP contribution in [0.2, 0.25) is 0 Å². The Bertz CT molecular complexity index is 882. The minimum absolute atomic E-state index is 0.0519. The van der Waals surface area contributed by atoms with Gasteiger partial charge in [0.1, 0.15) is 12.5 Å². The Morgan fingerprint density at radius 2 is 2.12 bits per heavy atom. The number of H-pyrrole nitrogens is 1. The van der Waals surface area contributed by atoms with Gasteiger partial charge in [-0.1, -0.05) is 29.8 Å². The number of nitrogens with one attached hydrogen (secondary N) is 2. The van der Waals surface area contributed by atoms with E-state index in [1.807, 2.05) is 31.2 Å². The lowest BCUT2D eigenvalue weighted by atomic mass is 10.1. The first-order valence-electron chi connectivity index (χ1n) is 6.97. The second-order valence-corrected chi connectivity index (χ2v) is 5.09. The van der Waals surface area contributed by atoms with Crippen molar-refractivity contribution in [1.82, 2.24) is 25.0 Å². The predicted molar refractivity (Wildman–Crippen MR) is 83.5 cm³/mol. The molecule has 0 atom stereocenters. The van der Waals surface area contributed by atoms with Crippen molar-refractivity contribution in [3.63, 3.8) is 0 Å². The monoisotopic (exact) mass is 327 g/mol. The molecule has 10 heteroatoms. The van der Waals surface area contributed by atoms with E-state index in [-0.39, 0.29) is 11.6 Å². The van der Waals surface area contributed by atoms with Crippen LogP contribution < -0.4 is 5.32 Å². The van der Waals surface area contributed by atoms with Crippen LogP contribution in [0.15, 0.2) is 36.8 Å². The number of aromatic nitrogens is 5. The number of hydrogen-bond acceptors (Lipinski definition) is 6. The largest absolute Gasteiger partial charge is 0.319 e. The molecule has 10 nitrogen and oxygen atoms in total. The quantitative estimate of drug-likeness (QED) is 0.539. The second-order valence-electron chi connectivity index (χ2n) is 5.09. The zero-order chi connectivity index (χ0) is 17.1. The third-order valence-corrected chi connectivity index (χ3v) is 3.27. The number of aryl methyl sites for hydroxylation is 1. The standard InChI is InChI=1S/C14H13N7O3/c1-9-2-4-10(5-3-9)7-20-8-15-14(19-20)17-13(22)12-11(21(23)24)6-16-18-12/h2-6,8H,7H2,1H3,(H,16,18)(H,17,19,22). The molecule has 24 heavy (non-hydrogen) atoms. The Balaban J connectivity index is 1.69. The van der Waals surface area contributed by atoms with E-state index in [9.17, 15) is 14.9 Å². The molecule has 2 aromatic heterocycles. The van der Waals surface area contributed by atoms with Gasteiger partial charge in [-0.05, 0) is 12.5 Å². The van der Waals surface area contributed by atoms with E-state index >= 15 is 0 Å². The highest BCUT2D eigenvalue weighted by Crippen LogP contribution is 2.15. The maximum atomic E-state index is 12.0. The number of aromatic amines is 1. The summed E-state index contributed by atoms with van der Waals surface area (Å²) >= 11 is 0. The van der Waals surface area contributed by atoms with Crippen molar-refractivity contribution in [3.05, 3.63) is 63.7 Å². The van der Waals surface area contributed by atoms with Crippen LogP contribution in [0.25, 0.3) is 0 Å². The molecule has 0 unspecified atom stereocenters. The minimum atomic E-state index is -0.729. The summed E-state index contributed by atoms with van der Waals surface area (Å²) in [5, 5.41) is 23.1. The van der Waals surface area contributed by atoms with E-state index < -0.39 is 16.5 Å². The van der Waals surface area contributed by atoms with Crippen molar-refractivity contribution in [2.75, 3.05) is 5.32 Å². The van der Waals surface area contributed by atoms with Gasteiger partial charge >= 0.3 is 5.69 Å². The summed E-state index contributed by atoms with van der Waals surface area (Å²) in [7, 11) is 0. The third kappa shape index (κ3) is 3.27. The zero-order valence-corrected chi connectivity index (χ0v) is 12.6. The summed E-state index contributed by atoms with van der Waals surface area (Å²) in [4.78, 5) is 26.1. The molecule has 3 aromatic rings. The van der Waals surface area contributed by atoms with Crippen LogP contribution in [0.4, 0.5) is 11.6 Å². The van der Waals surface area contributed by atoms with Crippen molar-refractivity contribution < 1.29 is 9.72 Å². The van der Waals surface area contributed by atoms with Crippen molar-refractivity contribution in [2.45, 2.75) is 13.5 Å². The van der Waals surface area contributed by atoms with Crippen LogP contribution in [0, 0.1) is 17.0 Å². The number of rotatable bonds is 5. The van der Waals surface area contributed by atoms with Crippen molar-refractivity contribution in [2.24, 2.45) is 0 Å². The van der Waals surface area contributed by atoms with Gasteiger partial charge in [0.05, 0.1) is 11.5 Å². The first kappa shape index (κ1) is 15.3. The third-order valence-electron chi connectivity index (χ3n) is 3.27. The molecule has 0 aliphatic rings. The lowest BCUT2D eigenvalue weighted by Crippen LogP contribution is -2.15. The van der Waals surface area contributed by atoms with Gasteiger partial charge in [-0.15, -0.1) is 5.10 Å². The molecule has 2 heterocycles. The van der Waals surface area contributed by atoms with Gasteiger partial charge in [-0.2, -0.15) is 5.10 Å². The van der Waals surface area contributed by atoms with Crippen LogP contribution in [0.3, 0.4) is 0 Å². The SMILES string of the molecule is Cc1ccc(Cn2cnc(NC(=O)c3[nH]ncc3[N+](=O)[O-])n2)cc1. The summed E-state index contributed by atoms with van der Waals surface area (Å²) in [6.07, 6.45) is 2.44. The number of nitro groups is 1. The highest BCUT2D eigenvalue weighted by Gasteiger charge is 2.23. The van der Waals surface area contributed by atoms with Gasteiger partial charge in [0.2, 0.25) is 11.6 Å². The maximum Gasteiger partial charge on any atom is 0.319 e. The van der Waals surface area contributed by atoms with Crippen molar-refractivity contribution in [1.29, 1.82) is 0 Å². The second kappa shape index (κ2) is 6.28. The molecule has 0 spiro atoms. The Kier molecular flexibility index (Phi) is 4.01. The van der Waals surface area contributed by atoms with Gasteiger partial charge in [0.15, 0.2) is 0 Å². The van der Waals surface area contributed by atoms with Crippen LogP contribution in [-0.4, -0.2) is 35.8 Å². The lowest BCUT2D eigenvalue weighted by molar-refractivity contribution is -0.385. The van der Waals surface area contributed by atoms with E-state index in [1.54, 1.807) is 4.68 Å². The normalized spacial score (nSPS) is 10.5. The van der Waals surface area contributed by atoms with E-state index in [1.165, 1.54) is 6.33 Å². The first-order chi connectivity index (χ1) is 11.5. The minimum Gasteiger partial charge on any atom is -0.288 e. The molecule has 0 bridgehead atoms. The number of carbonyl (C=O) groups is 1. The van der Waals surface area contributed by atoms with Gasteiger partial charge in [-0.25, -0.2) is 9.67 Å². The summed E-state index contributed by atoms with van der Waals surface area (Å²) in [6.45, 7) is 2.49. The summed E-state index contributed by atoms with van der Waals surface area (Å²) in [5.41, 5.74) is 1.53. The Hall–Kier alpha value is -3.56. The molecule has 3 rings (SSSR count). The molecular weight excluding hydrogens is 314 g/mol. The van der Waals surface area contributed by atoms with Gasteiger partial charge in [-0.3, -0.25) is 25.3 Å². The number of carbonyl (C=O) groups excluding carboxylic acids is 1. The number of hydrogen-bond donors (Lipinski definition) is 2. The van der Waals surface area contributed by atoms with E-state index in [0.717, 1.165) is 17.3 Å². The smallest absolute Gasteiger partial charge is 0.288 e. The van der Waals surface area contributed by atoms with Crippen molar-refractivity contribution in [3.8, 4) is 0 Å². The number of benzene rings is 1. The van der Waals surface area contributed by atoms with Crippen LogP contribution in [0.5, 0.6) is 0 Å². The molecule has 0 saturated heterocycles. The average molecular weight is 327 g/mol. The molecule has 122 valence electrons. The van der Waals surface area contributed by atoms with E-state index in [0.29, 0.717) is 6.54 Å². The molecule has 0 aliphatic carbocycles. The highest BCUT2D eigenvalue weighted by molar-refractivity contribution is 6.04. The number of amides is 1. The van der Waals surface area contributed by atoms with E-state index in [4.69, 9.17) is 0 Å². The maximum absolute atomic E-state index is 12.0. The van der Waals surface area contributed by atoms with Gasteiger partial charge in [0, 0.05) is 0 Å². The van der Waals surface area contributed by atoms with Gasteiger partial charge in [0.25, 0.3) is 5.91 Å². The number of nitrogens with zero attached hydrogens (tertiary/aromatic N) is 5. The molecule has 0 aliphatic heterocycles. The molecule has 0 radical (unpaired) electrons. The number of anilines is 1. The first-order valence-corrected chi connectivity index (χ1v) is 6.97. The lowest BCUT2D eigenvalue weighted by Gasteiger charge is -2.01. The van der Waals surface area contributed by atoms with Crippen LogP contribution in [0.1, 0.15) is 21.6 Å². The molecule has 1 aromatic carbocycles. The van der Waals surface area contributed by atoms with Crippen LogP contribution >= 0.6 is 0 Å². The fraction of sp³-hybridized carbons (Fsp3) is 0.143. The fourth-order valence-electron chi connectivity index (χ4n) is 2.06. The predicted octanol–water partition coefficient (Wildman–Crippen LogP) is 1.52. The summed E-state index contributed by atoms with van der Waals surface area (Å²) < 4.78 is 1.56. The van der Waals surface area contributed by atoms with Gasteiger partial charge < -0.3 is 0 Å². The Labute approximate surface area is 135 Å². The van der Waals surface area contributed by atoms with E-state index in [2.05, 4.69) is 25.6 Å². The molecule has 0 saturated carbocycles. The average Bonchev–Trinajstić information content (AvgIpc) is 3.19. The fourth-order valence-corrected chi connectivity index (χ4v) is 2.06. The highest BCUT2D eigenvalue weighted by atomic mass is 16.6.